The molecule has 2 N–H and O–H groups in total. The first kappa shape index (κ1) is 19.2. The van der Waals surface area contributed by atoms with Crippen molar-refractivity contribution < 1.29 is 23.8 Å². The van der Waals surface area contributed by atoms with Gasteiger partial charge in [-0.2, -0.15) is 0 Å². The van der Waals surface area contributed by atoms with E-state index < -0.39 is 11.6 Å². The summed E-state index contributed by atoms with van der Waals surface area (Å²) in [5.41, 5.74) is 0.632. The summed E-state index contributed by atoms with van der Waals surface area (Å²) in [6.07, 6.45) is 5.21. The van der Waals surface area contributed by atoms with Crippen molar-refractivity contribution in [2.24, 2.45) is 5.41 Å². The Bertz CT molecular complexity index is 772. The molecule has 1 saturated carbocycles. The number of nitrogens with one attached hydrogen (secondary N) is 2. The van der Waals surface area contributed by atoms with Crippen LogP contribution in [0.5, 0.6) is 5.75 Å². The van der Waals surface area contributed by atoms with Crippen molar-refractivity contribution in [3.8, 4) is 5.75 Å². The number of methoxy groups -OCH3 is 2. The Balaban J connectivity index is 1.68. The zero-order valence-electron chi connectivity index (χ0n) is 16.5. The number of amides is 3. The molecule has 2 fully saturated rings. The lowest BCUT2D eigenvalue weighted by molar-refractivity contribution is -0.131. The van der Waals surface area contributed by atoms with E-state index in [1.165, 1.54) is 0 Å². The van der Waals surface area contributed by atoms with E-state index in [0.29, 0.717) is 19.0 Å². The zero-order valence-corrected chi connectivity index (χ0v) is 16.5. The van der Waals surface area contributed by atoms with Crippen LogP contribution in [0.15, 0.2) is 18.2 Å². The van der Waals surface area contributed by atoms with Gasteiger partial charge in [0.25, 0.3) is 5.91 Å². The van der Waals surface area contributed by atoms with E-state index in [1.807, 2.05) is 18.2 Å². The van der Waals surface area contributed by atoms with Crippen molar-refractivity contribution in [1.29, 1.82) is 0 Å². The molecular formula is C21H28N2O5. The predicted molar refractivity (Wildman–Crippen MR) is 102 cm³/mol. The summed E-state index contributed by atoms with van der Waals surface area (Å²) in [5, 5.41) is 5.51. The number of benzene rings is 1. The number of carbonyl (C=O) groups excluding carboxylic acids is 2. The molecule has 0 radical (unpaired) electrons. The normalized spacial score (nSPS) is 31.1. The fourth-order valence-corrected chi connectivity index (χ4v) is 5.27. The molecule has 3 aliphatic rings. The molecule has 1 aromatic rings. The Hall–Kier alpha value is -2.12. The molecule has 2 spiro atoms. The van der Waals surface area contributed by atoms with Crippen LogP contribution < -0.4 is 15.4 Å². The maximum atomic E-state index is 13.1. The third-order valence-corrected chi connectivity index (χ3v) is 6.66. The lowest BCUT2D eigenvalue weighted by atomic mass is 9.61. The summed E-state index contributed by atoms with van der Waals surface area (Å²) in [5.74, 6) is 0.467. The molecule has 3 amide bonds. The molecule has 7 nitrogen and oxygen atoms in total. The van der Waals surface area contributed by atoms with Crippen LogP contribution >= 0.6 is 0 Å². The smallest absolute Gasteiger partial charge is 0.322 e. The minimum Gasteiger partial charge on any atom is -0.493 e. The van der Waals surface area contributed by atoms with E-state index in [4.69, 9.17) is 14.2 Å². The fraction of sp³-hybridized carbons (Fsp3) is 0.619. The quantitative estimate of drug-likeness (QED) is 0.577. The van der Waals surface area contributed by atoms with Gasteiger partial charge in [-0.05, 0) is 55.4 Å². The van der Waals surface area contributed by atoms with Crippen LogP contribution in [0.2, 0.25) is 0 Å². The largest absolute Gasteiger partial charge is 0.493 e. The average Bonchev–Trinajstić information content (AvgIpc) is 3.14. The Labute approximate surface area is 165 Å². The highest BCUT2D eigenvalue weighted by Gasteiger charge is 2.66. The molecule has 1 atom stereocenters. The van der Waals surface area contributed by atoms with Crippen LogP contribution in [0, 0.1) is 5.41 Å². The van der Waals surface area contributed by atoms with E-state index >= 15 is 0 Å². The average molecular weight is 388 g/mol. The number of fused-ring (bicyclic) bond motifs is 3. The fourth-order valence-electron chi connectivity index (χ4n) is 5.27. The van der Waals surface area contributed by atoms with Gasteiger partial charge >= 0.3 is 6.03 Å². The number of rotatable bonds is 6. The van der Waals surface area contributed by atoms with E-state index in [1.54, 1.807) is 14.2 Å². The number of urea groups is 1. The van der Waals surface area contributed by atoms with Crippen molar-refractivity contribution >= 4 is 11.9 Å². The monoisotopic (exact) mass is 388 g/mol. The lowest BCUT2D eigenvalue weighted by Gasteiger charge is -2.46. The number of ether oxygens (including phenoxy) is 3. The Morgan fingerprint density at radius 2 is 1.93 bits per heavy atom. The molecule has 1 unspecified atom stereocenters. The lowest BCUT2D eigenvalue weighted by Crippen LogP contribution is -2.56. The maximum Gasteiger partial charge on any atom is 0.322 e. The van der Waals surface area contributed by atoms with Crippen molar-refractivity contribution in [2.75, 3.05) is 27.4 Å². The van der Waals surface area contributed by atoms with Crippen LogP contribution in [0.25, 0.3) is 0 Å². The van der Waals surface area contributed by atoms with Gasteiger partial charge in [0.1, 0.15) is 5.75 Å². The summed E-state index contributed by atoms with van der Waals surface area (Å²) < 4.78 is 16.5. The van der Waals surface area contributed by atoms with Crippen molar-refractivity contribution in [2.45, 2.75) is 50.2 Å². The summed E-state index contributed by atoms with van der Waals surface area (Å²) in [6.45, 7) is 1.18. The molecule has 0 aromatic heterocycles. The van der Waals surface area contributed by atoms with Gasteiger partial charge in [-0.15, -0.1) is 0 Å². The van der Waals surface area contributed by atoms with Crippen LogP contribution in [0.3, 0.4) is 0 Å². The van der Waals surface area contributed by atoms with E-state index in [0.717, 1.165) is 49.7 Å². The number of hydrogen-bond acceptors (Lipinski definition) is 5. The van der Waals surface area contributed by atoms with Gasteiger partial charge in [0, 0.05) is 32.7 Å². The van der Waals surface area contributed by atoms with Crippen LogP contribution in [0.1, 0.15) is 43.2 Å². The molecule has 28 heavy (non-hydrogen) atoms. The van der Waals surface area contributed by atoms with Crippen molar-refractivity contribution in [3.63, 3.8) is 0 Å². The molecular weight excluding hydrogens is 360 g/mol. The number of imide groups is 1. The number of hydrogen-bond donors (Lipinski definition) is 2. The molecule has 2 aliphatic carbocycles. The van der Waals surface area contributed by atoms with Crippen LogP contribution in [0.4, 0.5) is 4.79 Å². The molecule has 4 rings (SSSR count). The Kier molecular flexibility index (Phi) is 5.05. The molecule has 1 aliphatic heterocycles. The second kappa shape index (κ2) is 7.37. The van der Waals surface area contributed by atoms with E-state index in [9.17, 15) is 9.59 Å². The summed E-state index contributed by atoms with van der Waals surface area (Å²) >= 11 is 0. The standard InChI is InChI=1S/C21H28N2O5/c1-26-10-3-11-28-16-5-4-14-13-20(8-6-15(27-2)7-9-20)21(17(14)12-16)18(24)22-19(25)23-21/h4-5,12,15H,3,6-11,13H2,1-2H3,(H2,22,23,24,25)/t15-,20-,21?. The predicted octanol–water partition coefficient (Wildman–Crippen LogP) is 2.27. The van der Waals surface area contributed by atoms with Gasteiger partial charge in [-0.25, -0.2) is 4.79 Å². The highest BCUT2D eigenvalue weighted by molar-refractivity contribution is 6.08. The Morgan fingerprint density at radius 3 is 2.57 bits per heavy atom. The highest BCUT2D eigenvalue weighted by atomic mass is 16.5. The molecule has 1 saturated heterocycles. The molecule has 1 aromatic carbocycles. The van der Waals surface area contributed by atoms with Gasteiger partial charge in [0.2, 0.25) is 0 Å². The summed E-state index contributed by atoms with van der Waals surface area (Å²) in [6, 6.07) is 5.51. The minimum atomic E-state index is -1.02. The Morgan fingerprint density at radius 1 is 1.14 bits per heavy atom. The molecule has 1 heterocycles. The number of carbonyl (C=O) groups is 2. The van der Waals surface area contributed by atoms with Crippen LogP contribution in [-0.2, 0) is 26.2 Å². The zero-order chi connectivity index (χ0) is 19.8. The van der Waals surface area contributed by atoms with Crippen molar-refractivity contribution in [1.82, 2.24) is 10.6 Å². The first-order valence-electron chi connectivity index (χ1n) is 9.96. The summed E-state index contributed by atoms with van der Waals surface area (Å²) in [4.78, 5) is 25.3. The van der Waals surface area contributed by atoms with Gasteiger partial charge in [0.05, 0.1) is 12.7 Å². The second-order valence-electron chi connectivity index (χ2n) is 8.06. The van der Waals surface area contributed by atoms with Gasteiger partial charge in [0.15, 0.2) is 5.54 Å². The highest BCUT2D eigenvalue weighted by Crippen LogP contribution is 2.59. The van der Waals surface area contributed by atoms with Gasteiger partial charge < -0.3 is 19.5 Å². The van der Waals surface area contributed by atoms with E-state index in [-0.39, 0.29) is 17.4 Å². The molecule has 0 bridgehead atoms. The van der Waals surface area contributed by atoms with E-state index in [2.05, 4.69) is 10.6 Å². The third-order valence-electron chi connectivity index (χ3n) is 6.66. The SMILES string of the molecule is COCCCOc1ccc2c(c1)C1(NC(=O)NC1=O)[C@]1(CC[C@H](OC)CC1)C2. The maximum absolute atomic E-state index is 13.1. The molecule has 152 valence electrons. The third kappa shape index (κ3) is 2.88. The van der Waals surface area contributed by atoms with Crippen LogP contribution in [-0.4, -0.2) is 45.5 Å². The van der Waals surface area contributed by atoms with Gasteiger partial charge in [-0.1, -0.05) is 6.07 Å². The first-order chi connectivity index (χ1) is 13.5. The molecule has 7 heteroatoms. The minimum absolute atomic E-state index is 0.214. The first-order valence-corrected chi connectivity index (χ1v) is 9.96. The second-order valence-corrected chi connectivity index (χ2v) is 8.06. The van der Waals surface area contributed by atoms with Gasteiger partial charge in [-0.3, -0.25) is 10.1 Å². The summed E-state index contributed by atoms with van der Waals surface area (Å²) in [7, 11) is 3.40. The topological polar surface area (TPSA) is 85.9 Å². The van der Waals surface area contributed by atoms with Crippen molar-refractivity contribution in [3.05, 3.63) is 29.3 Å².